The number of nitrogens with zero attached hydrogens (tertiary/aromatic N) is 5. The molecule has 1 aliphatic carbocycles. The molecule has 1 saturated carbocycles. The van der Waals surface area contributed by atoms with Crippen LogP contribution in [0.3, 0.4) is 0 Å². The second-order valence-electron chi connectivity index (χ2n) is 15.2. The number of amides is 5. The normalized spacial score (nSPS) is 16.4. The fourth-order valence-corrected chi connectivity index (χ4v) is 7.34. The molecule has 65 heavy (non-hydrogen) atoms. The minimum absolute atomic E-state index is 0.0924. The Morgan fingerprint density at radius 1 is 0.800 bits per heavy atom. The summed E-state index contributed by atoms with van der Waals surface area (Å²) in [7, 11) is 1.84. The topological polar surface area (TPSA) is 242 Å². The van der Waals surface area contributed by atoms with E-state index >= 15 is 0 Å². The largest absolute Gasteiger partial charge is 0.464 e. The van der Waals surface area contributed by atoms with Gasteiger partial charge in [-0.3, -0.25) is 24.5 Å². The number of carbonyl (C=O) groups is 5. The molecule has 1 saturated heterocycles. The lowest BCUT2D eigenvalue weighted by Crippen LogP contribution is -2.46. The highest BCUT2D eigenvalue weighted by Gasteiger charge is 2.35. The Bertz CT molecular complexity index is 2420. The third kappa shape index (κ3) is 14.3. The summed E-state index contributed by atoms with van der Waals surface area (Å²) in [5.41, 5.74) is 11.3. The van der Waals surface area contributed by atoms with Gasteiger partial charge in [-0.05, 0) is 129 Å². The van der Waals surface area contributed by atoms with Crippen molar-refractivity contribution in [1.82, 2.24) is 25.8 Å². The van der Waals surface area contributed by atoms with Crippen LogP contribution in [0.5, 0.6) is 5.75 Å². The van der Waals surface area contributed by atoms with Gasteiger partial charge in [-0.1, -0.05) is 28.1 Å². The third-order valence-electron chi connectivity index (χ3n) is 10.8. The number of likely N-dealkylation sites (tertiary alicyclic amines) is 1. The maximum atomic E-state index is 14.1. The molecular formula is C46H49BrN11O7+. The number of ether oxygens (including phenoxy) is 2. The predicted octanol–water partition coefficient (Wildman–Crippen LogP) is 7.24. The highest BCUT2D eigenvalue weighted by molar-refractivity contribution is 9.09. The summed E-state index contributed by atoms with van der Waals surface area (Å²) in [5, 5.41) is 26.6. The van der Waals surface area contributed by atoms with Crippen molar-refractivity contribution in [2.75, 3.05) is 42.8 Å². The lowest BCUT2D eigenvalue weighted by atomic mass is 9.91. The van der Waals surface area contributed by atoms with Crippen LogP contribution in [0.25, 0.3) is 0 Å². The molecule has 2 fully saturated rings. The average molecular weight is 948 g/mol. The quantitative estimate of drug-likeness (QED) is 0.0233. The van der Waals surface area contributed by atoms with E-state index in [4.69, 9.17) is 15.0 Å². The first-order valence-electron chi connectivity index (χ1n) is 21.0. The number of azo groups is 1. The smallest absolute Gasteiger partial charge is 0.408 e. The van der Waals surface area contributed by atoms with Gasteiger partial charge in [0.15, 0.2) is 5.11 Å². The summed E-state index contributed by atoms with van der Waals surface area (Å²) in [4.78, 5) is 69.7. The van der Waals surface area contributed by atoms with Crippen molar-refractivity contribution < 1.29 is 33.4 Å². The molecule has 1 atom stereocenters. The van der Waals surface area contributed by atoms with Crippen LogP contribution in [0.2, 0.25) is 0 Å². The van der Waals surface area contributed by atoms with Crippen LogP contribution < -0.4 is 36.2 Å². The van der Waals surface area contributed by atoms with E-state index in [-0.39, 0.29) is 60.9 Å². The summed E-state index contributed by atoms with van der Waals surface area (Å²) in [6.07, 6.45) is 1.17. The Balaban J connectivity index is 0.992. The summed E-state index contributed by atoms with van der Waals surface area (Å²) < 4.78 is 11.3. The van der Waals surface area contributed by atoms with Gasteiger partial charge < -0.3 is 35.6 Å². The van der Waals surface area contributed by atoms with E-state index in [2.05, 4.69) is 74.7 Å². The number of benzene rings is 4. The van der Waals surface area contributed by atoms with Gasteiger partial charge in [0.05, 0.1) is 16.7 Å². The number of anilines is 2. The number of halogens is 1. The minimum Gasteiger partial charge on any atom is -0.464 e. The monoisotopic (exact) mass is 946 g/mol. The van der Waals surface area contributed by atoms with Gasteiger partial charge in [-0.2, -0.15) is 10.2 Å². The first-order chi connectivity index (χ1) is 31.6. The lowest BCUT2D eigenvalue weighted by Gasteiger charge is -2.34. The van der Waals surface area contributed by atoms with Crippen molar-refractivity contribution in [3.8, 4) is 17.7 Å². The van der Waals surface area contributed by atoms with E-state index < -0.39 is 18.1 Å². The molecule has 1 aliphatic heterocycles. The molecular weight excluding hydrogens is 898 g/mol. The van der Waals surface area contributed by atoms with Gasteiger partial charge in [0, 0.05) is 72.2 Å². The second-order valence-corrected chi connectivity index (χ2v) is 15.7. The van der Waals surface area contributed by atoms with Crippen LogP contribution in [0.4, 0.5) is 27.5 Å². The van der Waals surface area contributed by atoms with E-state index in [0.29, 0.717) is 78.0 Å². The number of hydrogen-bond acceptors (Lipinski definition) is 12. The van der Waals surface area contributed by atoms with Crippen LogP contribution in [-0.2, 0) is 19.1 Å². The van der Waals surface area contributed by atoms with Crippen molar-refractivity contribution in [2.45, 2.75) is 56.7 Å². The standard InChI is InChI=1S/C46H48BrN11O7/c1-49-34-12-18-39(19-13-34)56-55-38-10-4-32(5-11-38)43(60)53-36-14-16-37(17-15-36)54-46(63)65-42(31-6-20-40(21-7-31)64-29-51-57-48)45(62)58-26-23-33(24-27-58)44(61)52-35-8-2-30(3-9-35)22-25-50-41(59)28-47/h2-13,18-21,33,36-37,42H,14-17,23-24,26-29H2,1H3,(H5,48,49,51,53,54,55,60,63)/p+1. The summed E-state index contributed by atoms with van der Waals surface area (Å²) in [5.74, 6) is 1.83. The van der Waals surface area contributed by atoms with Crippen LogP contribution >= 0.6 is 15.9 Å². The molecule has 4 aromatic carbocycles. The molecule has 6 rings (SSSR count). The maximum Gasteiger partial charge on any atom is 0.408 e. The first-order valence-corrected chi connectivity index (χ1v) is 22.1. The molecule has 1 heterocycles. The highest BCUT2D eigenvalue weighted by Crippen LogP contribution is 2.28. The van der Waals surface area contributed by atoms with Crippen molar-refractivity contribution in [2.24, 2.45) is 21.3 Å². The van der Waals surface area contributed by atoms with Gasteiger partial charge in [-0.25, -0.2) is 4.79 Å². The van der Waals surface area contributed by atoms with Crippen LogP contribution in [0, 0.1) is 23.4 Å². The lowest BCUT2D eigenvalue weighted by molar-refractivity contribution is -0.143. The summed E-state index contributed by atoms with van der Waals surface area (Å²) in [6.45, 7) is 0.374. The molecule has 2 aliphatic rings. The zero-order chi connectivity index (χ0) is 46.0. The molecule has 6 N–H and O–H groups in total. The van der Waals surface area contributed by atoms with E-state index in [0.717, 1.165) is 5.69 Å². The number of rotatable bonds is 15. The van der Waals surface area contributed by atoms with E-state index in [9.17, 15) is 24.0 Å². The van der Waals surface area contributed by atoms with Crippen LogP contribution in [0.1, 0.15) is 66.1 Å². The van der Waals surface area contributed by atoms with Gasteiger partial charge in [0.1, 0.15) is 11.3 Å². The Kier molecular flexibility index (Phi) is 17.3. The molecule has 336 valence electrons. The molecule has 0 spiro atoms. The molecule has 19 heteroatoms. The molecule has 5 amide bonds. The van der Waals surface area contributed by atoms with E-state index in [1.165, 1.54) is 0 Å². The minimum atomic E-state index is -1.29. The van der Waals surface area contributed by atoms with Gasteiger partial charge in [0.2, 0.25) is 22.8 Å². The van der Waals surface area contributed by atoms with Crippen molar-refractivity contribution in [3.05, 3.63) is 114 Å². The zero-order valence-electron chi connectivity index (χ0n) is 35.6. The number of nitrogens with one attached hydrogen (secondary N) is 6. The molecule has 1 unspecified atom stereocenters. The molecule has 0 aromatic heterocycles. The Morgan fingerprint density at radius 3 is 2.00 bits per heavy atom. The Labute approximate surface area is 384 Å². The SMILES string of the molecule is CNc1ccc(N=Nc2ccc(C(=O)NC3CCC(NC(=O)OC(C(=O)N4CCC(C(=O)Nc5ccc(C#CNC(=O)CBr)cc5)CC4)c4ccc(OCN=[N+]=N)cc4)CC3)cc2)cc1. The number of piperidine rings is 1. The molecule has 0 bridgehead atoms. The van der Waals surface area contributed by atoms with Crippen LogP contribution in [0.15, 0.2) is 112 Å². The first kappa shape index (κ1) is 47.1. The number of alkyl halides is 1. The molecule has 18 nitrogen and oxygen atoms in total. The Hall–Kier alpha value is -7.42. The number of hydrogen-bond donors (Lipinski definition) is 6. The van der Waals surface area contributed by atoms with Gasteiger partial charge in [-0.15, -0.1) is 0 Å². The molecule has 0 radical (unpaired) electrons. The highest BCUT2D eigenvalue weighted by atomic mass is 79.9. The number of carbonyl (C=O) groups excluding carboxylic acids is 5. The van der Waals surface area contributed by atoms with Crippen molar-refractivity contribution in [1.29, 1.82) is 5.53 Å². The maximum absolute atomic E-state index is 14.1. The van der Waals surface area contributed by atoms with E-state index in [1.54, 1.807) is 77.7 Å². The zero-order valence-corrected chi connectivity index (χ0v) is 37.2. The van der Waals surface area contributed by atoms with Crippen molar-refractivity contribution in [3.63, 3.8) is 0 Å². The molecule has 4 aromatic rings. The second kappa shape index (κ2) is 23.9. The average Bonchev–Trinajstić information content (AvgIpc) is 3.34. The predicted molar refractivity (Wildman–Crippen MR) is 245 cm³/mol. The summed E-state index contributed by atoms with van der Waals surface area (Å²) >= 11 is 3.06. The van der Waals surface area contributed by atoms with E-state index in [1.807, 2.05) is 31.3 Å². The number of alkyl carbamates (subject to hydrolysis) is 1. The summed E-state index contributed by atoms with van der Waals surface area (Å²) in [6, 6.07) is 30.0. The third-order valence-corrected chi connectivity index (χ3v) is 11.3. The van der Waals surface area contributed by atoms with Crippen LogP contribution in [-0.4, -0.2) is 78.9 Å². The van der Waals surface area contributed by atoms with Gasteiger partial charge in [0.25, 0.3) is 18.5 Å². The Morgan fingerprint density at radius 2 is 1.40 bits per heavy atom. The fourth-order valence-electron chi connectivity index (χ4n) is 7.20. The fraction of sp³-hybridized carbons (Fsp3) is 0.326. The van der Waals surface area contributed by atoms with Gasteiger partial charge >= 0.3 is 6.09 Å². The van der Waals surface area contributed by atoms with Crippen molar-refractivity contribution >= 4 is 68.4 Å².